The fourth-order valence-electron chi connectivity index (χ4n) is 3.15. The molecule has 3 rings (SSSR count). The minimum Gasteiger partial charge on any atom is -0.352 e. The molecule has 194 valence electrons. The summed E-state index contributed by atoms with van der Waals surface area (Å²) >= 11 is 6.22. The molecule has 0 radical (unpaired) electrons. The Morgan fingerprint density at radius 1 is 1.08 bits per heavy atom. The smallest absolute Gasteiger partial charge is 0.257 e. The second-order valence-corrected chi connectivity index (χ2v) is 7.98. The predicted molar refractivity (Wildman–Crippen MR) is 132 cm³/mol. The molecule has 0 atom stereocenters. The number of halogens is 5. The van der Waals surface area contributed by atoms with E-state index in [4.69, 9.17) is 11.8 Å². The van der Waals surface area contributed by atoms with E-state index in [1.54, 1.807) is 6.07 Å². The standard InChI is InChI=1S/C24H21ClF4N6O2/c1-3-21(36)34(2)19-13-15(5-6-16(19)27)32-20-7-9-31-24(33-20)35(25)10-4-8-30-23(37)22-17(28)11-14(26)12-18(22)29/h3,5-7,9,11-13H,1,4,8,10H2,2H3,(H,30,37)(H,31,32,33). The van der Waals surface area contributed by atoms with Gasteiger partial charge in [-0.1, -0.05) is 6.58 Å². The lowest BCUT2D eigenvalue weighted by Gasteiger charge is -2.18. The molecule has 1 heterocycles. The van der Waals surface area contributed by atoms with E-state index in [2.05, 4.69) is 27.2 Å². The van der Waals surface area contributed by atoms with Crippen molar-refractivity contribution in [3.63, 3.8) is 0 Å². The van der Waals surface area contributed by atoms with Gasteiger partial charge in [-0.15, -0.1) is 0 Å². The van der Waals surface area contributed by atoms with Crippen LogP contribution in [0.2, 0.25) is 0 Å². The van der Waals surface area contributed by atoms with Crippen molar-refractivity contribution in [2.24, 2.45) is 0 Å². The predicted octanol–water partition coefficient (Wildman–Crippen LogP) is 4.71. The number of nitrogens with one attached hydrogen (secondary N) is 2. The average molecular weight is 537 g/mol. The minimum atomic E-state index is -1.31. The monoisotopic (exact) mass is 536 g/mol. The fourth-order valence-corrected chi connectivity index (χ4v) is 3.35. The lowest BCUT2D eigenvalue weighted by molar-refractivity contribution is -0.113. The molecule has 0 aliphatic carbocycles. The van der Waals surface area contributed by atoms with Crippen LogP contribution in [0.4, 0.5) is 40.7 Å². The summed E-state index contributed by atoms with van der Waals surface area (Å²) in [5.74, 6) is -5.43. The van der Waals surface area contributed by atoms with Crippen LogP contribution in [-0.2, 0) is 4.79 Å². The topological polar surface area (TPSA) is 90.5 Å². The zero-order valence-corrected chi connectivity index (χ0v) is 20.2. The van der Waals surface area contributed by atoms with Crippen molar-refractivity contribution in [1.29, 1.82) is 0 Å². The molecule has 0 saturated heterocycles. The third kappa shape index (κ3) is 6.94. The number of rotatable bonds is 10. The number of likely N-dealkylation sites (N-methyl/N-ethyl adjacent to an activating group) is 1. The van der Waals surface area contributed by atoms with Crippen LogP contribution in [0.1, 0.15) is 16.8 Å². The van der Waals surface area contributed by atoms with Gasteiger partial charge < -0.3 is 15.5 Å². The van der Waals surface area contributed by atoms with Gasteiger partial charge in [-0.3, -0.25) is 14.0 Å². The van der Waals surface area contributed by atoms with E-state index in [0.717, 1.165) is 11.0 Å². The van der Waals surface area contributed by atoms with E-state index in [1.165, 1.54) is 35.9 Å². The van der Waals surface area contributed by atoms with Gasteiger partial charge >= 0.3 is 0 Å². The second kappa shape index (κ2) is 12.2. The molecule has 3 aromatic rings. The van der Waals surface area contributed by atoms with Gasteiger partial charge in [-0.2, -0.15) is 4.98 Å². The Hall–Kier alpha value is -4.19. The highest BCUT2D eigenvalue weighted by molar-refractivity contribution is 6.25. The third-order valence-electron chi connectivity index (χ3n) is 5.00. The van der Waals surface area contributed by atoms with Crippen molar-refractivity contribution in [2.45, 2.75) is 6.42 Å². The summed E-state index contributed by atoms with van der Waals surface area (Å²) in [5, 5.41) is 5.31. The van der Waals surface area contributed by atoms with Crippen LogP contribution in [0.3, 0.4) is 0 Å². The quantitative estimate of drug-likeness (QED) is 0.169. The van der Waals surface area contributed by atoms with Gasteiger partial charge in [0, 0.05) is 55.9 Å². The molecule has 0 bridgehead atoms. The van der Waals surface area contributed by atoms with Crippen LogP contribution in [0, 0.1) is 23.3 Å². The number of hydrogen-bond donors (Lipinski definition) is 2. The number of amides is 2. The number of nitrogens with zero attached hydrogens (tertiary/aromatic N) is 4. The van der Waals surface area contributed by atoms with Crippen molar-refractivity contribution < 1.29 is 27.2 Å². The SMILES string of the molecule is C=CC(=O)N(C)c1cc(Nc2ccnc(N(Cl)CCCNC(=O)c3c(F)cc(F)cc3F)n2)ccc1F. The molecule has 0 fully saturated rings. The van der Waals surface area contributed by atoms with Crippen molar-refractivity contribution in [3.8, 4) is 0 Å². The van der Waals surface area contributed by atoms with E-state index in [0.29, 0.717) is 23.6 Å². The molecule has 0 spiro atoms. The van der Waals surface area contributed by atoms with E-state index < -0.39 is 40.6 Å². The molecule has 2 amide bonds. The highest BCUT2D eigenvalue weighted by Crippen LogP contribution is 2.25. The molecule has 13 heteroatoms. The van der Waals surface area contributed by atoms with Crippen LogP contribution < -0.4 is 20.0 Å². The first kappa shape index (κ1) is 27.4. The van der Waals surface area contributed by atoms with E-state index in [9.17, 15) is 27.2 Å². The largest absolute Gasteiger partial charge is 0.352 e. The summed E-state index contributed by atoms with van der Waals surface area (Å²) in [6.45, 7) is 3.54. The summed E-state index contributed by atoms with van der Waals surface area (Å²) < 4.78 is 55.8. The Morgan fingerprint density at radius 2 is 1.78 bits per heavy atom. The van der Waals surface area contributed by atoms with E-state index >= 15 is 0 Å². The van der Waals surface area contributed by atoms with Gasteiger partial charge in [0.1, 0.15) is 34.7 Å². The Kier molecular flexibility index (Phi) is 9.01. The Bertz CT molecular complexity index is 1300. The second-order valence-electron chi connectivity index (χ2n) is 7.57. The Labute approximate surface area is 214 Å². The number of carbonyl (C=O) groups is 2. The molecule has 8 nitrogen and oxygen atoms in total. The van der Waals surface area contributed by atoms with Crippen molar-refractivity contribution in [2.75, 3.05) is 34.8 Å². The molecule has 1 aromatic heterocycles. The maximum Gasteiger partial charge on any atom is 0.257 e. The molecular weight excluding hydrogens is 516 g/mol. The Balaban J connectivity index is 1.58. The molecule has 0 unspecified atom stereocenters. The third-order valence-corrected chi connectivity index (χ3v) is 5.32. The maximum atomic E-state index is 14.2. The van der Waals surface area contributed by atoms with Crippen molar-refractivity contribution in [3.05, 3.63) is 84.1 Å². The fraction of sp³-hybridized carbons (Fsp3) is 0.167. The normalized spacial score (nSPS) is 10.5. The molecular formula is C24H21ClF4N6O2. The van der Waals surface area contributed by atoms with Gasteiger partial charge in [0.2, 0.25) is 11.9 Å². The lowest BCUT2D eigenvalue weighted by Crippen LogP contribution is -2.28. The van der Waals surface area contributed by atoms with Gasteiger partial charge in [0.15, 0.2) is 0 Å². The highest BCUT2D eigenvalue weighted by Gasteiger charge is 2.19. The summed E-state index contributed by atoms with van der Waals surface area (Å²) in [4.78, 5) is 33.3. The van der Waals surface area contributed by atoms with Gasteiger partial charge in [-0.25, -0.2) is 22.5 Å². The number of carbonyl (C=O) groups excluding carboxylic acids is 2. The molecule has 0 aliphatic heterocycles. The number of aromatic nitrogens is 2. The van der Waals surface area contributed by atoms with Crippen LogP contribution in [-0.4, -0.2) is 41.9 Å². The van der Waals surface area contributed by atoms with E-state index in [-0.39, 0.29) is 31.1 Å². The summed E-state index contributed by atoms with van der Waals surface area (Å²) in [5.41, 5.74) is -0.408. The number of anilines is 4. The number of hydrogen-bond acceptors (Lipinski definition) is 6. The van der Waals surface area contributed by atoms with Gasteiger partial charge in [0.05, 0.1) is 5.69 Å². The van der Waals surface area contributed by atoms with Crippen molar-refractivity contribution in [1.82, 2.24) is 15.3 Å². The zero-order valence-electron chi connectivity index (χ0n) is 19.4. The van der Waals surface area contributed by atoms with Crippen molar-refractivity contribution >= 4 is 46.7 Å². The first-order valence-corrected chi connectivity index (χ1v) is 11.1. The summed E-state index contributed by atoms with van der Waals surface area (Å²) in [7, 11) is 1.41. The summed E-state index contributed by atoms with van der Waals surface area (Å²) in [6, 6.07) is 6.46. The first-order valence-electron chi connectivity index (χ1n) is 10.8. The van der Waals surface area contributed by atoms with Crippen LogP contribution in [0.25, 0.3) is 0 Å². The van der Waals surface area contributed by atoms with Gasteiger partial charge in [0.25, 0.3) is 5.91 Å². The lowest BCUT2D eigenvalue weighted by atomic mass is 10.1. The Morgan fingerprint density at radius 3 is 2.46 bits per heavy atom. The molecule has 0 saturated carbocycles. The van der Waals surface area contributed by atoms with Crippen LogP contribution in [0.15, 0.2) is 55.3 Å². The minimum absolute atomic E-state index is 0.00551. The first-order chi connectivity index (χ1) is 17.6. The molecule has 2 aromatic carbocycles. The van der Waals surface area contributed by atoms with Gasteiger partial charge in [-0.05, 0) is 36.8 Å². The highest BCUT2D eigenvalue weighted by atomic mass is 35.5. The zero-order chi connectivity index (χ0) is 27.1. The molecule has 37 heavy (non-hydrogen) atoms. The average Bonchev–Trinajstić information content (AvgIpc) is 2.86. The summed E-state index contributed by atoms with van der Waals surface area (Å²) in [6.07, 6.45) is 2.75. The van der Waals surface area contributed by atoms with Crippen LogP contribution in [0.5, 0.6) is 0 Å². The molecule has 2 N–H and O–H groups in total. The number of benzene rings is 2. The molecule has 0 aliphatic rings. The maximum absolute atomic E-state index is 14.2. The van der Waals surface area contributed by atoms with E-state index in [1.807, 2.05) is 0 Å². The van der Waals surface area contributed by atoms with Crippen LogP contribution >= 0.6 is 11.8 Å².